The third-order valence-corrected chi connectivity index (χ3v) is 5.45. The zero-order chi connectivity index (χ0) is 15.9. The van der Waals surface area contributed by atoms with Crippen LogP contribution in [0.5, 0.6) is 0 Å². The normalized spacial score (nSPS) is 14.9. The second kappa shape index (κ2) is 5.23. The Hall–Kier alpha value is -2.18. The molecule has 0 spiro atoms. The Labute approximate surface area is 131 Å². The molecule has 7 heteroatoms. The van der Waals surface area contributed by atoms with Crippen LogP contribution in [0.1, 0.15) is 15.9 Å². The van der Waals surface area contributed by atoms with Gasteiger partial charge in [0.05, 0.1) is 9.79 Å². The number of hydrogen-bond acceptors (Lipinski definition) is 4. The van der Waals surface area contributed by atoms with Crippen molar-refractivity contribution in [2.24, 2.45) is 0 Å². The number of fused-ring (bicyclic) bond motifs is 2. The van der Waals surface area contributed by atoms with Gasteiger partial charge in [0.1, 0.15) is 5.88 Å². The van der Waals surface area contributed by atoms with E-state index in [2.05, 4.69) is 5.32 Å². The summed E-state index contributed by atoms with van der Waals surface area (Å²) in [6, 6.07) is 10.2. The topological polar surface area (TPSA) is 80.3 Å². The minimum atomic E-state index is -3.74. The highest BCUT2D eigenvalue weighted by atomic mass is 35.5. The third-order valence-electron chi connectivity index (χ3n) is 3.34. The molecule has 22 heavy (non-hydrogen) atoms. The Morgan fingerprint density at radius 2 is 1.73 bits per heavy atom. The number of anilines is 1. The fraction of sp³-hybridized carbons (Fsp3) is 0.0667. The van der Waals surface area contributed by atoms with E-state index in [-0.39, 0.29) is 32.6 Å². The number of nitrogens with one attached hydrogen (secondary N) is 1. The largest absolute Gasteiger partial charge is 0.325 e. The van der Waals surface area contributed by atoms with Crippen LogP contribution in [-0.2, 0) is 14.6 Å². The van der Waals surface area contributed by atoms with Gasteiger partial charge in [-0.2, -0.15) is 0 Å². The lowest BCUT2D eigenvalue weighted by molar-refractivity contribution is -0.113. The molecule has 0 saturated carbocycles. The highest BCUT2D eigenvalue weighted by Gasteiger charge is 2.34. The number of halogens is 1. The second-order valence-electron chi connectivity index (χ2n) is 4.72. The Morgan fingerprint density at radius 3 is 2.45 bits per heavy atom. The van der Waals surface area contributed by atoms with E-state index in [1.54, 1.807) is 12.1 Å². The van der Waals surface area contributed by atoms with Crippen molar-refractivity contribution in [3.05, 3.63) is 53.6 Å². The van der Waals surface area contributed by atoms with Crippen molar-refractivity contribution < 1.29 is 18.0 Å². The molecule has 2 aromatic rings. The van der Waals surface area contributed by atoms with E-state index in [0.29, 0.717) is 5.69 Å². The molecule has 0 atom stereocenters. The van der Waals surface area contributed by atoms with E-state index < -0.39 is 15.7 Å². The number of sulfone groups is 1. The molecule has 1 heterocycles. The Morgan fingerprint density at radius 1 is 1.05 bits per heavy atom. The molecule has 1 amide bonds. The third kappa shape index (κ3) is 2.20. The Bertz CT molecular complexity index is 906. The first-order valence-electron chi connectivity index (χ1n) is 6.34. The van der Waals surface area contributed by atoms with E-state index >= 15 is 0 Å². The monoisotopic (exact) mass is 335 g/mol. The van der Waals surface area contributed by atoms with Crippen LogP contribution >= 0.6 is 11.6 Å². The van der Waals surface area contributed by atoms with E-state index in [9.17, 15) is 18.0 Å². The molecule has 0 aromatic heterocycles. The smallest absolute Gasteiger partial charge is 0.239 e. The average Bonchev–Trinajstić information content (AvgIpc) is 2.52. The molecule has 0 fully saturated rings. The minimum absolute atomic E-state index is 0.00467. The zero-order valence-corrected chi connectivity index (χ0v) is 12.7. The first-order valence-corrected chi connectivity index (χ1v) is 8.35. The first-order chi connectivity index (χ1) is 10.4. The molecule has 1 aliphatic rings. The highest BCUT2D eigenvalue weighted by Crippen LogP contribution is 2.35. The van der Waals surface area contributed by atoms with Crippen molar-refractivity contribution in [3.63, 3.8) is 0 Å². The maximum atomic E-state index is 12.6. The predicted molar refractivity (Wildman–Crippen MR) is 81.1 cm³/mol. The van der Waals surface area contributed by atoms with Crippen LogP contribution in [-0.4, -0.2) is 26.0 Å². The van der Waals surface area contributed by atoms with Gasteiger partial charge < -0.3 is 5.32 Å². The Balaban J connectivity index is 2.18. The second-order valence-corrected chi connectivity index (χ2v) is 6.88. The minimum Gasteiger partial charge on any atom is -0.325 e. The van der Waals surface area contributed by atoms with Crippen molar-refractivity contribution in [1.82, 2.24) is 0 Å². The zero-order valence-electron chi connectivity index (χ0n) is 11.2. The molecular weight excluding hydrogens is 326 g/mol. The summed E-state index contributed by atoms with van der Waals surface area (Å²) in [5, 5.41) is 2.50. The molecule has 2 aromatic carbocycles. The van der Waals surface area contributed by atoms with Crippen molar-refractivity contribution in [2.75, 3.05) is 11.2 Å². The lowest BCUT2D eigenvalue weighted by Crippen LogP contribution is -2.21. The SMILES string of the molecule is O=C(CCl)Nc1ccc2c(c1)C(=O)c1ccccc1S2(=O)=O. The summed E-state index contributed by atoms with van der Waals surface area (Å²) in [4.78, 5) is 23.8. The molecule has 5 nitrogen and oxygen atoms in total. The van der Waals surface area contributed by atoms with Gasteiger partial charge in [0.2, 0.25) is 15.7 Å². The van der Waals surface area contributed by atoms with Crippen molar-refractivity contribution in [3.8, 4) is 0 Å². The summed E-state index contributed by atoms with van der Waals surface area (Å²) in [5.41, 5.74) is 0.509. The average molecular weight is 336 g/mol. The van der Waals surface area contributed by atoms with Gasteiger partial charge in [-0.15, -0.1) is 11.6 Å². The molecule has 0 unspecified atom stereocenters. The summed E-state index contributed by atoms with van der Waals surface area (Å²) >= 11 is 5.41. The number of ketones is 1. The summed E-state index contributed by atoms with van der Waals surface area (Å²) in [6.07, 6.45) is 0. The number of rotatable bonds is 2. The van der Waals surface area contributed by atoms with Gasteiger partial charge >= 0.3 is 0 Å². The molecule has 112 valence electrons. The first kappa shape index (κ1) is 14.7. The van der Waals surface area contributed by atoms with Crippen LogP contribution in [0.4, 0.5) is 5.69 Å². The van der Waals surface area contributed by atoms with Crippen LogP contribution < -0.4 is 5.32 Å². The van der Waals surface area contributed by atoms with Gasteiger partial charge in [-0.05, 0) is 30.3 Å². The highest BCUT2D eigenvalue weighted by molar-refractivity contribution is 7.91. The maximum Gasteiger partial charge on any atom is 0.239 e. The van der Waals surface area contributed by atoms with Crippen LogP contribution in [0.25, 0.3) is 0 Å². The van der Waals surface area contributed by atoms with Crippen LogP contribution in [0.3, 0.4) is 0 Å². The van der Waals surface area contributed by atoms with Crippen LogP contribution in [0.2, 0.25) is 0 Å². The van der Waals surface area contributed by atoms with Crippen LogP contribution in [0, 0.1) is 0 Å². The molecule has 0 radical (unpaired) electrons. The number of carbonyl (C=O) groups excluding carboxylic acids is 2. The van der Waals surface area contributed by atoms with Gasteiger partial charge in [-0.3, -0.25) is 9.59 Å². The van der Waals surface area contributed by atoms with Crippen molar-refractivity contribution >= 4 is 38.8 Å². The molecular formula is C15H10ClNO4S. The van der Waals surface area contributed by atoms with E-state index in [1.807, 2.05) is 0 Å². The van der Waals surface area contributed by atoms with Gasteiger partial charge in [0.15, 0.2) is 5.78 Å². The molecule has 1 N–H and O–H groups in total. The fourth-order valence-electron chi connectivity index (χ4n) is 2.37. The maximum absolute atomic E-state index is 12.6. The molecule has 1 aliphatic heterocycles. The van der Waals surface area contributed by atoms with Gasteiger partial charge in [0, 0.05) is 16.8 Å². The van der Waals surface area contributed by atoms with Gasteiger partial charge in [0.25, 0.3) is 0 Å². The molecule has 0 aliphatic carbocycles. The number of carbonyl (C=O) groups is 2. The molecule has 3 rings (SSSR count). The lowest BCUT2D eigenvalue weighted by Gasteiger charge is -2.19. The number of amides is 1. The van der Waals surface area contributed by atoms with Crippen molar-refractivity contribution in [1.29, 1.82) is 0 Å². The van der Waals surface area contributed by atoms with Gasteiger partial charge in [-0.1, -0.05) is 12.1 Å². The molecule has 0 saturated heterocycles. The lowest BCUT2D eigenvalue weighted by atomic mass is 10.0. The summed E-state index contributed by atoms with van der Waals surface area (Å²) in [5.74, 6) is -1.05. The Kier molecular flexibility index (Phi) is 3.50. The van der Waals surface area contributed by atoms with E-state index in [1.165, 1.54) is 30.3 Å². The summed E-state index contributed by atoms with van der Waals surface area (Å²) in [7, 11) is -3.74. The quantitative estimate of drug-likeness (QED) is 0.728. The van der Waals surface area contributed by atoms with Gasteiger partial charge in [-0.25, -0.2) is 8.42 Å². The standard InChI is InChI=1S/C15H10ClNO4S/c16-8-14(18)17-9-5-6-13-11(7-9)15(19)10-3-1-2-4-12(10)22(13,20)21/h1-7H,8H2,(H,17,18). The van der Waals surface area contributed by atoms with E-state index in [0.717, 1.165) is 0 Å². The van der Waals surface area contributed by atoms with E-state index in [4.69, 9.17) is 11.6 Å². The fourth-order valence-corrected chi connectivity index (χ4v) is 4.07. The summed E-state index contributed by atoms with van der Waals surface area (Å²) in [6.45, 7) is 0. The molecule has 0 bridgehead atoms. The summed E-state index contributed by atoms with van der Waals surface area (Å²) < 4.78 is 25.1. The van der Waals surface area contributed by atoms with Crippen LogP contribution in [0.15, 0.2) is 52.3 Å². The number of benzene rings is 2. The number of hydrogen-bond donors (Lipinski definition) is 1. The number of alkyl halides is 1. The van der Waals surface area contributed by atoms with Crippen molar-refractivity contribution in [2.45, 2.75) is 9.79 Å². The predicted octanol–water partition coefficient (Wildman–Crippen LogP) is 2.24.